The van der Waals surface area contributed by atoms with Crippen molar-refractivity contribution in [2.45, 2.75) is 25.0 Å². The summed E-state index contributed by atoms with van der Waals surface area (Å²) in [6, 6.07) is 4.52. The molecule has 2 fully saturated rings. The number of methoxy groups -OCH3 is 2. The molecule has 3 N–H and O–H groups in total. The number of carbonyl (C=O) groups excluding carboxylic acids is 2. The molecule has 1 aromatic carbocycles. The number of hydrogen-bond acceptors (Lipinski definition) is 6. The van der Waals surface area contributed by atoms with E-state index >= 15 is 0 Å². The maximum Gasteiger partial charge on any atom is 0.258 e. The molecule has 8 heteroatoms. The van der Waals surface area contributed by atoms with Gasteiger partial charge in [0.25, 0.3) is 5.91 Å². The molecular weight excluding hydrogens is 350 g/mol. The van der Waals surface area contributed by atoms with Gasteiger partial charge in [-0.25, -0.2) is 0 Å². The number of aliphatic hydroxyl groups is 1. The molecule has 3 rings (SSSR count). The van der Waals surface area contributed by atoms with Crippen LogP contribution >= 0.6 is 0 Å². The van der Waals surface area contributed by atoms with Gasteiger partial charge in [0.2, 0.25) is 5.91 Å². The Morgan fingerprint density at radius 3 is 2.78 bits per heavy atom. The summed E-state index contributed by atoms with van der Waals surface area (Å²) in [5.41, 5.74) is 0.411. The van der Waals surface area contributed by atoms with Crippen LogP contribution < -0.4 is 20.1 Å². The van der Waals surface area contributed by atoms with Gasteiger partial charge in [0.15, 0.2) is 0 Å². The number of amides is 2. The Balaban J connectivity index is 1.68. The fraction of sp³-hybridized carbons (Fsp3) is 0.579. The smallest absolute Gasteiger partial charge is 0.258 e. The molecule has 2 amide bonds. The minimum Gasteiger partial charge on any atom is -0.497 e. The molecule has 0 radical (unpaired) electrons. The van der Waals surface area contributed by atoms with E-state index < -0.39 is 12.1 Å². The first-order valence-corrected chi connectivity index (χ1v) is 9.24. The number of nitrogens with one attached hydrogen (secondary N) is 2. The van der Waals surface area contributed by atoms with E-state index in [9.17, 15) is 14.7 Å². The standard InChI is InChI=1S/C19H27N3O5/c1-26-13-5-6-14(17(8-13)27-2)19(25)22-7-3-4-15(22)18(24)21-10-12-9-20-11-16(12)23/h5-6,8,12,15-16,20,23H,3-4,7,9-11H2,1-2H3,(H,21,24). The summed E-state index contributed by atoms with van der Waals surface area (Å²) in [5, 5.41) is 15.8. The van der Waals surface area contributed by atoms with Crippen molar-refractivity contribution in [3.05, 3.63) is 23.8 Å². The summed E-state index contributed by atoms with van der Waals surface area (Å²) in [5.74, 6) is 0.622. The molecule has 1 aromatic rings. The summed E-state index contributed by atoms with van der Waals surface area (Å²) in [6.07, 6.45) is 0.951. The van der Waals surface area contributed by atoms with Crippen molar-refractivity contribution in [3.63, 3.8) is 0 Å². The van der Waals surface area contributed by atoms with Crippen LogP contribution in [0.1, 0.15) is 23.2 Å². The van der Waals surface area contributed by atoms with Crippen molar-refractivity contribution >= 4 is 11.8 Å². The summed E-state index contributed by atoms with van der Waals surface area (Å²) < 4.78 is 10.5. The summed E-state index contributed by atoms with van der Waals surface area (Å²) >= 11 is 0. The molecule has 2 aliphatic rings. The molecular formula is C19H27N3O5. The second-order valence-corrected chi connectivity index (χ2v) is 6.95. The van der Waals surface area contributed by atoms with Gasteiger partial charge in [-0.05, 0) is 25.0 Å². The highest BCUT2D eigenvalue weighted by Crippen LogP contribution is 2.28. The molecule has 0 aromatic heterocycles. The van der Waals surface area contributed by atoms with E-state index in [2.05, 4.69) is 10.6 Å². The van der Waals surface area contributed by atoms with Crippen molar-refractivity contribution in [2.75, 3.05) is 40.4 Å². The lowest BCUT2D eigenvalue weighted by molar-refractivity contribution is -0.125. The van der Waals surface area contributed by atoms with E-state index in [0.29, 0.717) is 49.7 Å². The quantitative estimate of drug-likeness (QED) is 0.646. The first-order chi connectivity index (χ1) is 13.0. The molecule has 8 nitrogen and oxygen atoms in total. The van der Waals surface area contributed by atoms with Gasteiger partial charge >= 0.3 is 0 Å². The molecule has 27 heavy (non-hydrogen) atoms. The van der Waals surface area contributed by atoms with Crippen LogP contribution in [-0.4, -0.2) is 74.4 Å². The van der Waals surface area contributed by atoms with Crippen LogP contribution in [0.3, 0.4) is 0 Å². The molecule has 2 saturated heterocycles. The maximum atomic E-state index is 13.0. The van der Waals surface area contributed by atoms with Gasteiger partial charge in [0.05, 0.1) is 25.9 Å². The number of nitrogens with zero attached hydrogens (tertiary/aromatic N) is 1. The minimum absolute atomic E-state index is 0.00110. The molecule has 0 spiro atoms. The average Bonchev–Trinajstić information content (AvgIpc) is 3.34. The maximum absolute atomic E-state index is 13.0. The lowest BCUT2D eigenvalue weighted by atomic mass is 10.1. The molecule has 2 aliphatic heterocycles. The average molecular weight is 377 g/mol. The van der Waals surface area contributed by atoms with Crippen LogP contribution in [0.5, 0.6) is 11.5 Å². The van der Waals surface area contributed by atoms with Gasteiger partial charge < -0.3 is 30.1 Å². The number of hydrogen-bond donors (Lipinski definition) is 3. The Morgan fingerprint density at radius 2 is 2.11 bits per heavy atom. The minimum atomic E-state index is -0.504. The lowest BCUT2D eigenvalue weighted by Crippen LogP contribution is -2.47. The molecule has 0 bridgehead atoms. The summed E-state index contributed by atoms with van der Waals surface area (Å²) in [4.78, 5) is 27.3. The molecule has 0 saturated carbocycles. The van der Waals surface area contributed by atoms with Gasteiger partial charge in [0.1, 0.15) is 17.5 Å². The van der Waals surface area contributed by atoms with Crippen molar-refractivity contribution < 1.29 is 24.2 Å². The monoisotopic (exact) mass is 377 g/mol. The SMILES string of the molecule is COc1ccc(C(=O)N2CCCC2C(=O)NCC2CNCC2O)c(OC)c1. The number of rotatable bonds is 6. The second kappa shape index (κ2) is 8.58. The zero-order valence-corrected chi connectivity index (χ0v) is 15.7. The topological polar surface area (TPSA) is 100 Å². The third-order valence-electron chi connectivity index (χ3n) is 5.30. The number of likely N-dealkylation sites (tertiary alicyclic amines) is 1. The molecule has 0 aliphatic carbocycles. The van der Waals surface area contributed by atoms with Crippen LogP contribution in [0.15, 0.2) is 18.2 Å². The lowest BCUT2D eigenvalue weighted by Gasteiger charge is -2.25. The van der Waals surface area contributed by atoms with Crippen molar-refractivity contribution in [1.82, 2.24) is 15.5 Å². The van der Waals surface area contributed by atoms with Crippen LogP contribution in [0.2, 0.25) is 0 Å². The van der Waals surface area contributed by atoms with Crippen LogP contribution in [0.4, 0.5) is 0 Å². The predicted octanol–water partition coefficient (Wildman–Crippen LogP) is 0.00490. The highest BCUT2D eigenvalue weighted by Gasteiger charge is 2.36. The van der Waals surface area contributed by atoms with E-state index in [1.54, 1.807) is 30.2 Å². The Bertz CT molecular complexity index is 696. The summed E-state index contributed by atoms with van der Waals surface area (Å²) in [7, 11) is 3.05. The van der Waals surface area contributed by atoms with E-state index in [-0.39, 0.29) is 17.7 Å². The van der Waals surface area contributed by atoms with E-state index in [1.807, 2.05) is 0 Å². The van der Waals surface area contributed by atoms with Crippen LogP contribution in [0.25, 0.3) is 0 Å². The number of benzene rings is 1. The Kier molecular flexibility index (Phi) is 6.18. The van der Waals surface area contributed by atoms with E-state index in [1.165, 1.54) is 7.11 Å². The molecule has 3 atom stereocenters. The molecule has 148 valence electrons. The first kappa shape index (κ1) is 19.4. The van der Waals surface area contributed by atoms with E-state index in [0.717, 1.165) is 6.42 Å². The highest BCUT2D eigenvalue weighted by molar-refractivity contribution is 6.00. The highest BCUT2D eigenvalue weighted by atomic mass is 16.5. The van der Waals surface area contributed by atoms with Crippen LogP contribution in [-0.2, 0) is 4.79 Å². The zero-order chi connectivity index (χ0) is 19.4. The van der Waals surface area contributed by atoms with Gasteiger partial charge in [-0.3, -0.25) is 9.59 Å². The summed E-state index contributed by atoms with van der Waals surface area (Å²) in [6.45, 7) is 2.15. The Labute approximate surface area is 158 Å². The number of β-amino-alcohol motifs (C(OH)–C–C–N with tert-alkyl or cyclic N) is 1. The zero-order valence-electron chi connectivity index (χ0n) is 15.7. The Morgan fingerprint density at radius 1 is 1.30 bits per heavy atom. The molecule has 3 unspecified atom stereocenters. The van der Waals surface area contributed by atoms with Gasteiger partial charge in [-0.2, -0.15) is 0 Å². The third-order valence-corrected chi connectivity index (χ3v) is 5.30. The fourth-order valence-electron chi connectivity index (χ4n) is 3.69. The first-order valence-electron chi connectivity index (χ1n) is 9.24. The van der Waals surface area contributed by atoms with Crippen molar-refractivity contribution in [3.8, 4) is 11.5 Å². The van der Waals surface area contributed by atoms with Gasteiger partial charge in [0, 0.05) is 38.2 Å². The predicted molar refractivity (Wildman–Crippen MR) is 99.0 cm³/mol. The number of carbonyl (C=O) groups is 2. The number of aliphatic hydroxyl groups excluding tert-OH is 1. The van der Waals surface area contributed by atoms with Crippen LogP contribution in [0, 0.1) is 5.92 Å². The van der Waals surface area contributed by atoms with Crippen molar-refractivity contribution in [2.24, 2.45) is 5.92 Å². The second-order valence-electron chi connectivity index (χ2n) is 6.95. The largest absolute Gasteiger partial charge is 0.497 e. The fourth-order valence-corrected chi connectivity index (χ4v) is 3.69. The van der Waals surface area contributed by atoms with E-state index in [4.69, 9.17) is 9.47 Å². The third kappa shape index (κ3) is 4.17. The normalized spacial score (nSPS) is 24.7. The number of ether oxygens (including phenoxy) is 2. The Hall–Kier alpha value is -2.32. The van der Waals surface area contributed by atoms with Gasteiger partial charge in [-0.15, -0.1) is 0 Å². The van der Waals surface area contributed by atoms with Crippen molar-refractivity contribution in [1.29, 1.82) is 0 Å². The molecule has 2 heterocycles. The van der Waals surface area contributed by atoms with Gasteiger partial charge in [-0.1, -0.05) is 0 Å².